The van der Waals surface area contributed by atoms with Crippen molar-refractivity contribution in [1.82, 2.24) is 15.2 Å². The van der Waals surface area contributed by atoms with Crippen molar-refractivity contribution < 1.29 is 14.3 Å². The normalized spacial score (nSPS) is 20.4. The molecular formula is C27H33N3O3. The lowest BCUT2D eigenvalue weighted by Gasteiger charge is -2.50. The largest absolute Gasteiger partial charge is 0.497 e. The minimum absolute atomic E-state index is 0.00180. The number of methoxy groups -OCH3 is 1. The third kappa shape index (κ3) is 4.39. The van der Waals surface area contributed by atoms with Gasteiger partial charge in [-0.15, -0.1) is 6.58 Å². The van der Waals surface area contributed by atoms with Crippen LogP contribution in [0.2, 0.25) is 0 Å². The number of amides is 2. The molecule has 0 bridgehead atoms. The van der Waals surface area contributed by atoms with E-state index in [1.54, 1.807) is 37.7 Å². The topological polar surface area (TPSA) is 71.5 Å². The fourth-order valence-corrected chi connectivity index (χ4v) is 5.51. The summed E-state index contributed by atoms with van der Waals surface area (Å²) in [6.45, 7) is 4.12. The van der Waals surface area contributed by atoms with Crippen LogP contribution in [-0.2, 0) is 16.8 Å². The van der Waals surface area contributed by atoms with Crippen LogP contribution >= 0.6 is 0 Å². The average Bonchev–Trinajstić information content (AvgIpc) is 2.88. The van der Waals surface area contributed by atoms with Gasteiger partial charge >= 0.3 is 0 Å². The van der Waals surface area contributed by atoms with E-state index in [1.807, 2.05) is 23.1 Å². The van der Waals surface area contributed by atoms with Crippen LogP contribution in [0.25, 0.3) is 0 Å². The van der Waals surface area contributed by atoms with Gasteiger partial charge in [0.1, 0.15) is 11.3 Å². The molecule has 2 amide bonds. The summed E-state index contributed by atoms with van der Waals surface area (Å²) in [5.41, 5.74) is 1.46. The second-order valence-electron chi connectivity index (χ2n) is 8.94. The zero-order valence-electron chi connectivity index (χ0n) is 19.4. The van der Waals surface area contributed by atoms with E-state index in [0.717, 1.165) is 61.8 Å². The highest BCUT2D eigenvalue weighted by Gasteiger charge is 2.52. The van der Waals surface area contributed by atoms with Gasteiger partial charge in [0.15, 0.2) is 0 Å². The number of nitrogens with one attached hydrogen (secondary N) is 1. The Kier molecular flexibility index (Phi) is 7.11. The van der Waals surface area contributed by atoms with Crippen molar-refractivity contribution in [3.05, 3.63) is 72.1 Å². The first-order valence-corrected chi connectivity index (χ1v) is 11.9. The zero-order chi connectivity index (χ0) is 23.3. The van der Waals surface area contributed by atoms with Crippen molar-refractivity contribution in [1.29, 1.82) is 0 Å². The molecule has 2 aliphatic carbocycles. The second kappa shape index (κ2) is 10.2. The highest BCUT2D eigenvalue weighted by atomic mass is 16.5. The van der Waals surface area contributed by atoms with Crippen LogP contribution in [0, 0.1) is 0 Å². The van der Waals surface area contributed by atoms with Gasteiger partial charge in [-0.2, -0.15) is 0 Å². The predicted octanol–water partition coefficient (Wildman–Crippen LogP) is 4.40. The molecule has 2 aliphatic rings. The van der Waals surface area contributed by atoms with Crippen molar-refractivity contribution in [3.63, 3.8) is 0 Å². The molecule has 0 radical (unpaired) electrons. The van der Waals surface area contributed by atoms with Crippen LogP contribution in [0.4, 0.5) is 0 Å². The van der Waals surface area contributed by atoms with E-state index in [2.05, 4.69) is 16.9 Å². The van der Waals surface area contributed by atoms with E-state index in [1.165, 1.54) is 0 Å². The van der Waals surface area contributed by atoms with Crippen LogP contribution in [0.15, 0.2) is 55.4 Å². The van der Waals surface area contributed by atoms with Crippen molar-refractivity contribution in [2.75, 3.05) is 13.7 Å². The number of fused-ring (bicyclic) bond motifs is 1. The summed E-state index contributed by atoms with van der Waals surface area (Å²) in [4.78, 5) is 34.2. The van der Waals surface area contributed by atoms with Crippen molar-refractivity contribution in [2.24, 2.45) is 0 Å². The molecule has 174 valence electrons. The van der Waals surface area contributed by atoms with E-state index in [9.17, 15) is 9.59 Å². The first kappa shape index (κ1) is 23.0. The second-order valence-corrected chi connectivity index (χ2v) is 8.94. The van der Waals surface area contributed by atoms with Gasteiger partial charge in [-0.1, -0.05) is 31.4 Å². The number of aromatic nitrogens is 1. The Balaban J connectivity index is 1.91. The number of hydrogen-bond donors (Lipinski definition) is 1. The number of carbonyl (C=O) groups is 2. The van der Waals surface area contributed by atoms with Crippen LogP contribution in [0.1, 0.15) is 66.4 Å². The lowest BCUT2D eigenvalue weighted by atomic mass is 9.72. The van der Waals surface area contributed by atoms with E-state index >= 15 is 0 Å². The van der Waals surface area contributed by atoms with Crippen LogP contribution < -0.4 is 10.1 Å². The van der Waals surface area contributed by atoms with Crippen LogP contribution in [0.3, 0.4) is 0 Å². The van der Waals surface area contributed by atoms with E-state index in [-0.39, 0.29) is 17.9 Å². The van der Waals surface area contributed by atoms with Crippen molar-refractivity contribution in [2.45, 2.75) is 62.9 Å². The number of pyridine rings is 1. The molecule has 1 unspecified atom stereocenters. The summed E-state index contributed by atoms with van der Waals surface area (Å²) < 4.78 is 5.47. The standard InChI is InChI=1S/C27H33N3O3/c1-3-16-29-26(32)27(15-7-8-21-19-23(33-2)11-12-24(21)27)30(22-9-5-4-6-10-22)25(31)20-13-17-28-18-14-20/h3,11-14,17-19,22H,1,4-10,15-16H2,2H3,(H,29,32). The lowest BCUT2D eigenvalue weighted by molar-refractivity contribution is -0.135. The molecule has 0 spiro atoms. The summed E-state index contributed by atoms with van der Waals surface area (Å²) in [5.74, 6) is 0.518. The van der Waals surface area contributed by atoms with Crippen molar-refractivity contribution >= 4 is 11.8 Å². The minimum atomic E-state index is -1.08. The SMILES string of the molecule is C=CCNC(=O)C1(N(C(=O)c2ccncc2)C2CCCCC2)CCCc2cc(OC)ccc21. The Morgan fingerprint density at radius 3 is 2.64 bits per heavy atom. The first-order valence-electron chi connectivity index (χ1n) is 11.9. The molecule has 6 heteroatoms. The summed E-state index contributed by atoms with van der Waals surface area (Å²) in [5, 5.41) is 3.04. The third-order valence-electron chi connectivity index (χ3n) is 7.02. The van der Waals surface area contributed by atoms with E-state index in [0.29, 0.717) is 18.5 Å². The molecule has 1 fully saturated rings. The smallest absolute Gasteiger partial charge is 0.255 e. The molecule has 1 aromatic carbocycles. The van der Waals surface area contributed by atoms with Gasteiger partial charge in [-0.3, -0.25) is 14.6 Å². The molecule has 1 aromatic heterocycles. The number of benzene rings is 1. The number of nitrogens with zero attached hydrogens (tertiary/aromatic N) is 2. The van der Waals surface area contributed by atoms with E-state index in [4.69, 9.17) is 4.74 Å². The molecule has 1 atom stereocenters. The molecule has 2 aromatic rings. The summed E-state index contributed by atoms with van der Waals surface area (Å²) >= 11 is 0. The lowest BCUT2D eigenvalue weighted by Crippen LogP contribution is -2.63. The third-order valence-corrected chi connectivity index (χ3v) is 7.02. The average molecular weight is 448 g/mol. The molecule has 4 rings (SSSR count). The fourth-order valence-electron chi connectivity index (χ4n) is 5.51. The van der Waals surface area contributed by atoms with Gasteiger partial charge in [-0.05, 0) is 67.5 Å². The van der Waals surface area contributed by atoms with Crippen molar-refractivity contribution in [3.8, 4) is 5.75 Å². The number of hydrogen-bond acceptors (Lipinski definition) is 4. The number of aryl methyl sites for hydroxylation is 1. The molecule has 0 aliphatic heterocycles. The quantitative estimate of drug-likeness (QED) is 0.639. The Bertz CT molecular complexity index is 1000. The Hall–Kier alpha value is -3.15. The molecule has 0 saturated heterocycles. The zero-order valence-corrected chi connectivity index (χ0v) is 19.4. The number of carbonyl (C=O) groups excluding carboxylic acids is 2. The Labute approximate surface area is 196 Å². The maximum absolute atomic E-state index is 14.1. The van der Waals surface area contributed by atoms with Gasteiger partial charge in [-0.25, -0.2) is 0 Å². The highest BCUT2D eigenvalue weighted by Crippen LogP contribution is 2.45. The molecule has 1 saturated carbocycles. The maximum atomic E-state index is 14.1. The summed E-state index contributed by atoms with van der Waals surface area (Å²) in [7, 11) is 1.65. The van der Waals surface area contributed by atoms with E-state index < -0.39 is 5.54 Å². The van der Waals surface area contributed by atoms with Gasteiger partial charge in [0.2, 0.25) is 0 Å². The molecule has 1 heterocycles. The first-order chi connectivity index (χ1) is 16.1. The Morgan fingerprint density at radius 2 is 1.94 bits per heavy atom. The van der Waals surface area contributed by atoms with Crippen LogP contribution in [0.5, 0.6) is 5.75 Å². The molecule has 1 N–H and O–H groups in total. The van der Waals surface area contributed by atoms with Gasteiger partial charge in [0.25, 0.3) is 11.8 Å². The molecule has 33 heavy (non-hydrogen) atoms. The minimum Gasteiger partial charge on any atom is -0.497 e. The maximum Gasteiger partial charge on any atom is 0.255 e. The molecular weight excluding hydrogens is 414 g/mol. The monoisotopic (exact) mass is 447 g/mol. The Morgan fingerprint density at radius 1 is 1.18 bits per heavy atom. The predicted molar refractivity (Wildman–Crippen MR) is 128 cm³/mol. The fraction of sp³-hybridized carbons (Fsp3) is 0.444. The number of ether oxygens (including phenoxy) is 1. The molecule has 6 nitrogen and oxygen atoms in total. The number of rotatable bonds is 7. The summed E-state index contributed by atoms with van der Waals surface area (Å²) in [6, 6.07) is 9.38. The van der Waals surface area contributed by atoms with Gasteiger partial charge < -0.3 is 15.0 Å². The van der Waals surface area contributed by atoms with Gasteiger partial charge in [0.05, 0.1) is 7.11 Å². The van der Waals surface area contributed by atoms with Crippen LogP contribution in [-0.4, -0.2) is 41.4 Å². The summed E-state index contributed by atoms with van der Waals surface area (Å²) in [6.07, 6.45) is 12.3. The highest BCUT2D eigenvalue weighted by molar-refractivity contribution is 6.00. The van der Waals surface area contributed by atoms with Gasteiger partial charge in [0, 0.05) is 30.5 Å².